The molecule has 0 aromatic carbocycles. The van der Waals surface area contributed by atoms with E-state index in [1.807, 2.05) is 13.8 Å². The van der Waals surface area contributed by atoms with Crippen molar-refractivity contribution in [1.29, 1.82) is 0 Å². The topological polar surface area (TPSA) is 47.3 Å². The summed E-state index contributed by atoms with van der Waals surface area (Å²) in [7, 11) is 1.81. The smallest absolute Gasteiger partial charge is 0.138 e. The predicted octanol–water partition coefficient (Wildman–Crippen LogP) is 2.34. The normalized spacial score (nSPS) is 25.1. The van der Waals surface area contributed by atoms with Crippen LogP contribution in [0.3, 0.4) is 0 Å². The fourth-order valence-corrected chi connectivity index (χ4v) is 2.55. The van der Waals surface area contributed by atoms with Gasteiger partial charge in [-0.1, -0.05) is 5.16 Å². The van der Waals surface area contributed by atoms with Crippen molar-refractivity contribution >= 4 is 0 Å². The van der Waals surface area contributed by atoms with Gasteiger partial charge in [0.05, 0.1) is 11.8 Å². The molecule has 0 saturated heterocycles. The second-order valence-electron chi connectivity index (χ2n) is 4.90. The first kappa shape index (κ1) is 12.6. The lowest BCUT2D eigenvalue weighted by Gasteiger charge is -2.28. The largest absolute Gasteiger partial charge is 0.381 e. The number of aromatic nitrogens is 1. The number of hydrogen-bond acceptors (Lipinski definition) is 4. The molecule has 1 aromatic rings. The minimum atomic E-state index is 0.422. The standard InChI is InChI=1S/C13H22N2O2/c1-9-13(10(2)17-15-9)8-14-11-5-4-6-12(7-11)16-3/h11-12,14H,4-8H2,1-3H3/t11-,12+/m1/s1. The Hall–Kier alpha value is -0.870. The van der Waals surface area contributed by atoms with Crippen LogP contribution in [0.2, 0.25) is 0 Å². The third-order valence-corrected chi connectivity index (χ3v) is 3.71. The Labute approximate surface area is 103 Å². The number of nitrogens with one attached hydrogen (secondary N) is 1. The molecule has 2 atom stereocenters. The van der Waals surface area contributed by atoms with Crippen LogP contribution in [0.4, 0.5) is 0 Å². The summed E-state index contributed by atoms with van der Waals surface area (Å²) >= 11 is 0. The van der Waals surface area contributed by atoms with Crippen molar-refractivity contribution in [2.75, 3.05) is 7.11 Å². The van der Waals surface area contributed by atoms with Crippen LogP contribution < -0.4 is 5.32 Å². The lowest BCUT2D eigenvalue weighted by molar-refractivity contribution is 0.0586. The summed E-state index contributed by atoms with van der Waals surface area (Å²) in [5.74, 6) is 0.925. The van der Waals surface area contributed by atoms with Crippen LogP contribution in [0.25, 0.3) is 0 Å². The molecule has 17 heavy (non-hydrogen) atoms. The quantitative estimate of drug-likeness (QED) is 0.874. The predicted molar refractivity (Wildman–Crippen MR) is 65.9 cm³/mol. The molecule has 2 rings (SSSR count). The number of methoxy groups -OCH3 is 1. The highest BCUT2D eigenvalue weighted by molar-refractivity contribution is 5.20. The third kappa shape index (κ3) is 3.07. The van der Waals surface area contributed by atoms with E-state index in [1.165, 1.54) is 24.8 Å². The molecule has 0 aliphatic heterocycles. The fraction of sp³-hybridized carbons (Fsp3) is 0.769. The van der Waals surface area contributed by atoms with E-state index in [2.05, 4.69) is 10.5 Å². The number of rotatable bonds is 4. The van der Waals surface area contributed by atoms with Gasteiger partial charge in [0.1, 0.15) is 5.76 Å². The van der Waals surface area contributed by atoms with E-state index in [9.17, 15) is 0 Å². The van der Waals surface area contributed by atoms with Gasteiger partial charge in [0.2, 0.25) is 0 Å². The molecular weight excluding hydrogens is 216 g/mol. The van der Waals surface area contributed by atoms with Gasteiger partial charge >= 0.3 is 0 Å². The van der Waals surface area contributed by atoms with Crippen molar-refractivity contribution in [3.05, 3.63) is 17.0 Å². The van der Waals surface area contributed by atoms with Crippen LogP contribution in [0.15, 0.2) is 4.52 Å². The molecule has 0 bridgehead atoms. The van der Waals surface area contributed by atoms with E-state index in [1.54, 1.807) is 7.11 Å². The molecule has 1 N–H and O–H groups in total. The van der Waals surface area contributed by atoms with Crippen LogP contribution in [0, 0.1) is 13.8 Å². The molecule has 1 heterocycles. The molecular formula is C13H22N2O2. The SMILES string of the molecule is CO[C@H]1CCC[C@@H](NCc2c(C)noc2C)C1. The van der Waals surface area contributed by atoms with Gasteiger partial charge in [0, 0.05) is 25.3 Å². The first-order valence-electron chi connectivity index (χ1n) is 6.38. The zero-order chi connectivity index (χ0) is 12.3. The first-order chi connectivity index (χ1) is 8.20. The summed E-state index contributed by atoms with van der Waals surface area (Å²) in [6, 6.07) is 0.558. The number of ether oxygens (including phenoxy) is 1. The van der Waals surface area contributed by atoms with Gasteiger partial charge in [0.15, 0.2) is 0 Å². The summed E-state index contributed by atoms with van der Waals surface area (Å²) in [5.41, 5.74) is 2.19. The first-order valence-corrected chi connectivity index (χ1v) is 6.38. The maximum atomic E-state index is 5.43. The maximum absolute atomic E-state index is 5.43. The molecule has 4 heteroatoms. The van der Waals surface area contributed by atoms with Gasteiger partial charge in [0.25, 0.3) is 0 Å². The Balaban J connectivity index is 1.86. The average molecular weight is 238 g/mol. The highest BCUT2D eigenvalue weighted by Crippen LogP contribution is 2.21. The molecule has 1 aliphatic rings. The fourth-order valence-electron chi connectivity index (χ4n) is 2.55. The van der Waals surface area contributed by atoms with Crippen LogP contribution in [0.5, 0.6) is 0 Å². The minimum absolute atomic E-state index is 0.422. The highest BCUT2D eigenvalue weighted by Gasteiger charge is 2.21. The Morgan fingerprint density at radius 2 is 2.24 bits per heavy atom. The second-order valence-corrected chi connectivity index (χ2v) is 4.90. The summed E-state index contributed by atoms with van der Waals surface area (Å²) in [6.45, 7) is 4.81. The molecule has 0 unspecified atom stereocenters. The highest BCUT2D eigenvalue weighted by atomic mass is 16.5. The van der Waals surface area contributed by atoms with Gasteiger partial charge in [-0.3, -0.25) is 0 Å². The minimum Gasteiger partial charge on any atom is -0.381 e. The zero-order valence-electron chi connectivity index (χ0n) is 11.0. The van der Waals surface area contributed by atoms with Crippen LogP contribution in [0.1, 0.15) is 42.7 Å². The summed E-state index contributed by atoms with van der Waals surface area (Å²) in [4.78, 5) is 0. The van der Waals surface area contributed by atoms with Gasteiger partial charge in [-0.05, 0) is 39.5 Å². The molecule has 1 fully saturated rings. The van der Waals surface area contributed by atoms with Crippen molar-refractivity contribution in [2.24, 2.45) is 0 Å². The Morgan fingerprint density at radius 3 is 2.88 bits per heavy atom. The number of nitrogens with zero attached hydrogens (tertiary/aromatic N) is 1. The van der Waals surface area contributed by atoms with E-state index >= 15 is 0 Å². The molecule has 1 saturated carbocycles. The Bertz CT molecular complexity index is 343. The van der Waals surface area contributed by atoms with E-state index in [0.29, 0.717) is 12.1 Å². The molecule has 4 nitrogen and oxygen atoms in total. The molecule has 1 aromatic heterocycles. The Morgan fingerprint density at radius 1 is 1.41 bits per heavy atom. The average Bonchev–Trinajstić information content (AvgIpc) is 2.67. The van der Waals surface area contributed by atoms with E-state index in [0.717, 1.165) is 24.4 Å². The second kappa shape index (κ2) is 5.65. The molecule has 0 spiro atoms. The van der Waals surface area contributed by atoms with Gasteiger partial charge in [-0.2, -0.15) is 0 Å². The van der Waals surface area contributed by atoms with Crippen LogP contribution in [-0.4, -0.2) is 24.4 Å². The van der Waals surface area contributed by atoms with E-state index in [4.69, 9.17) is 9.26 Å². The molecule has 1 aliphatic carbocycles. The number of hydrogen-bond donors (Lipinski definition) is 1. The van der Waals surface area contributed by atoms with Crippen molar-refractivity contribution in [3.8, 4) is 0 Å². The third-order valence-electron chi connectivity index (χ3n) is 3.71. The molecule has 96 valence electrons. The maximum Gasteiger partial charge on any atom is 0.138 e. The number of aryl methyl sites for hydroxylation is 2. The van der Waals surface area contributed by atoms with Crippen molar-refractivity contribution < 1.29 is 9.26 Å². The van der Waals surface area contributed by atoms with Gasteiger partial charge in [-0.25, -0.2) is 0 Å². The molecule has 0 amide bonds. The van der Waals surface area contributed by atoms with Gasteiger partial charge in [-0.15, -0.1) is 0 Å². The Kier molecular flexibility index (Phi) is 4.18. The van der Waals surface area contributed by atoms with Crippen LogP contribution >= 0.6 is 0 Å². The van der Waals surface area contributed by atoms with Crippen molar-refractivity contribution in [3.63, 3.8) is 0 Å². The van der Waals surface area contributed by atoms with Crippen molar-refractivity contribution in [2.45, 2.75) is 58.2 Å². The van der Waals surface area contributed by atoms with E-state index < -0.39 is 0 Å². The monoisotopic (exact) mass is 238 g/mol. The molecule has 0 radical (unpaired) electrons. The zero-order valence-corrected chi connectivity index (χ0v) is 11.0. The van der Waals surface area contributed by atoms with E-state index in [-0.39, 0.29) is 0 Å². The van der Waals surface area contributed by atoms with Crippen LogP contribution in [-0.2, 0) is 11.3 Å². The summed E-state index contributed by atoms with van der Waals surface area (Å²) < 4.78 is 10.6. The summed E-state index contributed by atoms with van der Waals surface area (Å²) in [6.07, 6.45) is 5.21. The van der Waals surface area contributed by atoms with Crippen molar-refractivity contribution in [1.82, 2.24) is 10.5 Å². The summed E-state index contributed by atoms with van der Waals surface area (Å²) in [5, 5.41) is 7.56. The lowest BCUT2D eigenvalue weighted by atomic mass is 9.92. The van der Waals surface area contributed by atoms with Gasteiger partial charge < -0.3 is 14.6 Å². The lowest BCUT2D eigenvalue weighted by Crippen LogP contribution is -2.36.